The Morgan fingerprint density at radius 1 is 1.25 bits per heavy atom. The van der Waals surface area contributed by atoms with Gasteiger partial charge in [0.05, 0.1) is 17.9 Å². The molecule has 12 heteroatoms. The summed E-state index contributed by atoms with van der Waals surface area (Å²) in [4.78, 5) is 32.7. The van der Waals surface area contributed by atoms with Crippen molar-refractivity contribution in [3.8, 4) is 0 Å². The molecule has 1 aromatic carbocycles. The van der Waals surface area contributed by atoms with Crippen molar-refractivity contribution in [1.82, 2.24) is 15.5 Å². The van der Waals surface area contributed by atoms with Crippen molar-refractivity contribution in [2.45, 2.75) is 38.0 Å². The van der Waals surface area contributed by atoms with Gasteiger partial charge in [-0.1, -0.05) is 36.4 Å². The minimum absolute atomic E-state index is 0.252. The molecule has 32 heavy (non-hydrogen) atoms. The summed E-state index contributed by atoms with van der Waals surface area (Å²) in [6.07, 6.45) is 2.53. The molecule has 2 aromatic rings. The predicted octanol–water partition coefficient (Wildman–Crippen LogP) is 2.00. The number of amides is 2. The Morgan fingerprint density at radius 3 is 2.38 bits per heavy atom. The number of carbonyl (C=O) groups excluding carboxylic acids is 2. The number of alkyl halides is 3. The maximum absolute atomic E-state index is 11.9. The van der Waals surface area contributed by atoms with Gasteiger partial charge in [0, 0.05) is 18.3 Å². The molecule has 6 N–H and O–H groups in total. The molecule has 0 fully saturated rings. The van der Waals surface area contributed by atoms with Gasteiger partial charge in [-0.3, -0.25) is 14.7 Å². The molecule has 174 valence electrons. The summed E-state index contributed by atoms with van der Waals surface area (Å²) in [7, 11) is 0. The van der Waals surface area contributed by atoms with Crippen molar-refractivity contribution in [3.05, 3.63) is 60.4 Å². The summed E-state index contributed by atoms with van der Waals surface area (Å²) >= 11 is 0. The first kappa shape index (κ1) is 26.4. The Hall–Kier alpha value is -3.67. The number of anilines is 1. The van der Waals surface area contributed by atoms with Crippen LogP contribution in [0.4, 0.5) is 18.9 Å². The maximum Gasteiger partial charge on any atom is 0.490 e. The predicted molar refractivity (Wildman–Crippen MR) is 110 cm³/mol. The number of nitrogens with two attached hydrogens (primary N) is 1. The number of nitrogens with zero attached hydrogens (tertiary/aromatic N) is 1. The lowest BCUT2D eigenvalue weighted by atomic mass is 10.0. The monoisotopic (exact) mass is 455 g/mol. The fourth-order valence-electron chi connectivity index (χ4n) is 2.20. The highest BCUT2D eigenvalue weighted by Gasteiger charge is 2.38. The maximum atomic E-state index is 11.9. The zero-order valence-corrected chi connectivity index (χ0v) is 17.1. The lowest BCUT2D eigenvalue weighted by molar-refractivity contribution is -0.192. The minimum Gasteiger partial charge on any atom is -0.475 e. The number of aryl methyl sites for hydroxylation is 1. The Morgan fingerprint density at radius 2 is 1.88 bits per heavy atom. The first-order chi connectivity index (χ1) is 15.0. The van der Waals surface area contributed by atoms with Crippen molar-refractivity contribution >= 4 is 23.5 Å². The number of carboxylic acids is 1. The second kappa shape index (κ2) is 12.9. The molecule has 0 aliphatic carbocycles. The first-order valence-corrected chi connectivity index (χ1v) is 9.37. The number of nitrogens with one attached hydrogen (secondary N) is 3. The van der Waals surface area contributed by atoms with E-state index in [0.29, 0.717) is 12.1 Å². The van der Waals surface area contributed by atoms with Crippen LogP contribution in [0.3, 0.4) is 0 Å². The number of aromatic nitrogens is 2. The van der Waals surface area contributed by atoms with Crippen molar-refractivity contribution in [1.29, 1.82) is 0 Å². The smallest absolute Gasteiger partial charge is 0.475 e. The summed E-state index contributed by atoms with van der Waals surface area (Å²) in [5.41, 5.74) is 7.36. The third-order valence-electron chi connectivity index (χ3n) is 3.82. The molecule has 9 nitrogen and oxygen atoms in total. The van der Waals surface area contributed by atoms with Gasteiger partial charge >= 0.3 is 12.1 Å². The molecule has 0 aliphatic heterocycles. The highest BCUT2D eigenvalue weighted by Crippen LogP contribution is 2.13. The van der Waals surface area contributed by atoms with Crippen molar-refractivity contribution in [2.24, 2.45) is 5.73 Å². The van der Waals surface area contributed by atoms with Gasteiger partial charge in [-0.25, -0.2) is 4.79 Å². The van der Waals surface area contributed by atoms with Crippen LogP contribution in [-0.2, 0) is 20.8 Å². The lowest BCUT2D eigenvalue weighted by Gasteiger charge is -2.17. The van der Waals surface area contributed by atoms with Crippen LogP contribution in [-0.4, -0.2) is 51.3 Å². The molecule has 0 aliphatic rings. The molecule has 0 saturated carbocycles. The molecule has 0 saturated heterocycles. The number of hydrogen-bond donors (Lipinski definition) is 5. The third kappa shape index (κ3) is 10.9. The van der Waals surface area contributed by atoms with E-state index in [-0.39, 0.29) is 17.9 Å². The Kier molecular flexibility index (Phi) is 10.6. The fraction of sp³-hybridized carbons (Fsp3) is 0.300. The molecule has 2 atom stereocenters. The van der Waals surface area contributed by atoms with Gasteiger partial charge in [0.15, 0.2) is 0 Å². The van der Waals surface area contributed by atoms with Crippen LogP contribution in [0.1, 0.15) is 18.9 Å². The van der Waals surface area contributed by atoms with Crippen LogP contribution >= 0.6 is 0 Å². The first-order valence-electron chi connectivity index (χ1n) is 9.37. The number of hydrogen-bond acceptors (Lipinski definition) is 5. The largest absolute Gasteiger partial charge is 0.490 e. The van der Waals surface area contributed by atoms with E-state index in [4.69, 9.17) is 15.6 Å². The average molecular weight is 455 g/mol. The number of carboxylic acid groups (broad SMARTS) is 1. The van der Waals surface area contributed by atoms with Gasteiger partial charge < -0.3 is 21.5 Å². The fourth-order valence-corrected chi connectivity index (χ4v) is 2.20. The van der Waals surface area contributed by atoms with E-state index in [1.807, 2.05) is 30.3 Å². The second-order valence-corrected chi connectivity index (χ2v) is 6.57. The summed E-state index contributed by atoms with van der Waals surface area (Å²) < 4.78 is 31.7. The third-order valence-corrected chi connectivity index (χ3v) is 3.82. The van der Waals surface area contributed by atoms with Gasteiger partial charge in [-0.15, -0.1) is 0 Å². The molecule has 1 heterocycles. The van der Waals surface area contributed by atoms with E-state index < -0.39 is 18.2 Å². The number of aromatic amines is 1. The van der Waals surface area contributed by atoms with E-state index in [9.17, 15) is 22.8 Å². The molecule has 0 unspecified atom stereocenters. The van der Waals surface area contributed by atoms with Crippen LogP contribution in [0.15, 0.2) is 54.9 Å². The Labute approximate surface area is 181 Å². The SMILES string of the molecule is C[C@H](N)C(=O)N[C@H](/C=C/C(=O)Nc1cn[nH]c1)CCc1ccccc1.O=C(O)C(F)(F)F. The van der Waals surface area contributed by atoms with Crippen LogP contribution in [0, 0.1) is 0 Å². The van der Waals surface area contributed by atoms with Gasteiger partial charge in [-0.05, 0) is 25.3 Å². The van der Waals surface area contributed by atoms with E-state index in [0.717, 1.165) is 6.42 Å². The standard InChI is InChI=1S/C18H23N5O2.C2HF3O2/c1-13(19)18(25)23-15(8-7-14-5-3-2-4-6-14)9-10-17(24)22-16-11-20-21-12-16;3-2(4,5)1(6)7/h2-6,9-13,15H,7-8,19H2,1H3,(H,20,21)(H,22,24)(H,23,25);(H,6,7)/b10-9+;/t13-,15-;/m0./s1. The van der Waals surface area contributed by atoms with Crippen LogP contribution in [0.25, 0.3) is 0 Å². The van der Waals surface area contributed by atoms with Crippen molar-refractivity contribution in [3.63, 3.8) is 0 Å². The average Bonchev–Trinajstić information content (AvgIpc) is 3.23. The van der Waals surface area contributed by atoms with Crippen LogP contribution in [0.5, 0.6) is 0 Å². The van der Waals surface area contributed by atoms with E-state index in [1.165, 1.54) is 17.8 Å². The van der Waals surface area contributed by atoms with Crippen LogP contribution < -0.4 is 16.4 Å². The quantitative estimate of drug-likeness (QED) is 0.384. The topological polar surface area (TPSA) is 150 Å². The summed E-state index contributed by atoms with van der Waals surface area (Å²) in [6, 6.07) is 9.07. The van der Waals surface area contributed by atoms with E-state index >= 15 is 0 Å². The molecule has 0 spiro atoms. The Balaban J connectivity index is 0.000000633. The van der Waals surface area contributed by atoms with Crippen molar-refractivity contribution < 1.29 is 32.7 Å². The summed E-state index contributed by atoms with van der Waals surface area (Å²) in [5, 5.41) is 19.0. The molecular formula is C20H24F3N5O4. The highest BCUT2D eigenvalue weighted by atomic mass is 19.4. The minimum atomic E-state index is -5.08. The zero-order chi connectivity index (χ0) is 24.1. The highest BCUT2D eigenvalue weighted by molar-refractivity contribution is 5.99. The molecule has 1 aromatic heterocycles. The van der Waals surface area contributed by atoms with Gasteiger partial charge in [-0.2, -0.15) is 18.3 Å². The van der Waals surface area contributed by atoms with E-state index in [1.54, 1.807) is 19.2 Å². The molecule has 0 bridgehead atoms. The van der Waals surface area contributed by atoms with Gasteiger partial charge in [0.25, 0.3) is 0 Å². The second-order valence-electron chi connectivity index (χ2n) is 6.57. The number of benzene rings is 1. The number of halogens is 3. The zero-order valence-electron chi connectivity index (χ0n) is 17.1. The van der Waals surface area contributed by atoms with Gasteiger partial charge in [0.2, 0.25) is 11.8 Å². The van der Waals surface area contributed by atoms with Gasteiger partial charge in [0.1, 0.15) is 0 Å². The van der Waals surface area contributed by atoms with Crippen LogP contribution in [0.2, 0.25) is 0 Å². The number of aliphatic carboxylic acids is 1. The molecule has 2 amide bonds. The molecule has 0 radical (unpaired) electrons. The molecular weight excluding hydrogens is 431 g/mol. The summed E-state index contributed by atoms with van der Waals surface area (Å²) in [5.74, 6) is -3.30. The lowest BCUT2D eigenvalue weighted by Crippen LogP contribution is -2.43. The van der Waals surface area contributed by atoms with E-state index in [2.05, 4.69) is 20.8 Å². The number of H-pyrrole nitrogens is 1. The number of rotatable bonds is 8. The normalized spacial score (nSPS) is 12.9. The Bertz CT molecular complexity index is 884. The number of carbonyl (C=O) groups is 3. The van der Waals surface area contributed by atoms with Crippen molar-refractivity contribution in [2.75, 3.05) is 5.32 Å². The summed E-state index contributed by atoms with van der Waals surface area (Å²) in [6.45, 7) is 1.62. The molecule has 2 rings (SSSR count).